The van der Waals surface area contributed by atoms with Gasteiger partial charge in [-0.05, 0) is 24.7 Å². The van der Waals surface area contributed by atoms with Crippen molar-refractivity contribution in [2.45, 2.75) is 618 Å². The molecule has 0 spiro atoms. The van der Waals surface area contributed by atoms with Crippen LogP contribution in [-0.4, -0.2) is 39.6 Å². The maximum atomic E-state index is 5.64. The maximum absolute atomic E-state index is 5.64. The van der Waals surface area contributed by atoms with Gasteiger partial charge in [0.05, 0.1) is 26.4 Å². The monoisotopic (exact) mass is 1540 g/mol. The van der Waals surface area contributed by atoms with Gasteiger partial charge < -0.3 is 4.74 Å². The van der Waals surface area contributed by atoms with Crippen molar-refractivity contribution in [2.75, 3.05) is 39.6 Å². The van der Waals surface area contributed by atoms with Crippen LogP contribution in [0.25, 0.3) is 0 Å². The second-order valence-corrected chi connectivity index (χ2v) is 36.4. The highest BCUT2D eigenvalue weighted by molar-refractivity contribution is 4.66. The summed E-state index contributed by atoms with van der Waals surface area (Å²) in [6.07, 6.45) is 133. The summed E-state index contributed by atoms with van der Waals surface area (Å²) in [5.41, 5.74) is 0. The molecule has 656 valence electrons. The topological polar surface area (TPSA) is 46.2 Å². The lowest BCUT2D eigenvalue weighted by Gasteiger charge is -2.17. The largest absolute Gasteiger partial charge is 0.376 e. The van der Waals surface area contributed by atoms with Crippen LogP contribution in [0, 0.1) is 11.8 Å². The summed E-state index contributed by atoms with van der Waals surface area (Å²) in [5, 5.41) is 0. The van der Waals surface area contributed by atoms with Gasteiger partial charge in [-0.1, -0.05) is 606 Å². The lowest BCUT2D eigenvalue weighted by molar-refractivity contribution is -0.308. The molecule has 0 aromatic heterocycles. The highest BCUT2D eigenvalue weighted by atomic mass is 17.2. The summed E-state index contributed by atoms with van der Waals surface area (Å²) in [5.74, 6) is 2.02. The Kier molecular flexibility index (Phi) is 104. The fraction of sp³-hybridized carbons (Fsp3) is 1.00. The van der Waals surface area contributed by atoms with Crippen molar-refractivity contribution in [3.8, 4) is 0 Å². The SMILES string of the molecule is CCCCCCCCCCCCCCCCC(CCCCCCCCCCCCCCCC)CCCCCCCCCCCCCCCCCOOCCOCCOOCCCCCCCCCCCCCCCCCC(CCCCCCCCCCCCCCCC)CCCCCCCCCCCCCCCC. The van der Waals surface area contributed by atoms with E-state index in [1.54, 1.807) is 0 Å². The standard InChI is InChI=1S/C104H210O5/c1-5-9-13-17-21-25-29-33-43-51-59-67-75-83-91-103(92-84-76-68-60-52-44-34-30-26-22-18-14-10-6-2)95-87-79-71-63-55-47-39-37-41-49-57-65-73-81-89-97-106-108-101-99-105-100-102-109-107-98-90-82-74-66-58-50-42-38-40-48-56-64-72-80-88-96-104(93-85-77-69-61-53-45-35-31-27-23-19-15-11-7-3)94-86-78-70-62-54-46-36-32-28-24-20-16-12-8-4/h103-104H,5-102H2,1-4H3. The Morgan fingerprint density at radius 3 is 0.358 bits per heavy atom. The Morgan fingerprint density at radius 1 is 0.110 bits per heavy atom. The van der Waals surface area contributed by atoms with Crippen molar-refractivity contribution in [1.29, 1.82) is 0 Å². The van der Waals surface area contributed by atoms with E-state index in [2.05, 4.69) is 27.7 Å². The third-order valence-electron chi connectivity index (χ3n) is 25.3. The molecule has 0 saturated heterocycles. The van der Waals surface area contributed by atoms with Gasteiger partial charge in [0, 0.05) is 0 Å². The van der Waals surface area contributed by atoms with Crippen molar-refractivity contribution >= 4 is 0 Å². The van der Waals surface area contributed by atoms with Crippen LogP contribution in [0.1, 0.15) is 618 Å². The fourth-order valence-corrected chi connectivity index (χ4v) is 17.7. The van der Waals surface area contributed by atoms with Gasteiger partial charge in [0.15, 0.2) is 0 Å². The Hall–Kier alpha value is -0.200. The van der Waals surface area contributed by atoms with Gasteiger partial charge in [-0.2, -0.15) is 0 Å². The van der Waals surface area contributed by atoms with Gasteiger partial charge in [0.1, 0.15) is 13.2 Å². The van der Waals surface area contributed by atoms with E-state index >= 15 is 0 Å². The third-order valence-corrected chi connectivity index (χ3v) is 25.3. The number of hydrogen-bond donors (Lipinski definition) is 0. The van der Waals surface area contributed by atoms with E-state index in [1.807, 2.05) is 0 Å². The molecule has 0 aromatic carbocycles. The first-order valence-electron chi connectivity index (χ1n) is 52.3. The van der Waals surface area contributed by atoms with Crippen LogP contribution < -0.4 is 0 Å². The summed E-state index contributed by atoms with van der Waals surface area (Å²) in [6, 6.07) is 0. The molecule has 0 aliphatic rings. The average molecular weight is 1540 g/mol. The second-order valence-electron chi connectivity index (χ2n) is 36.4. The summed E-state index contributed by atoms with van der Waals surface area (Å²) in [6.45, 7) is 12.6. The molecule has 0 fully saturated rings. The molecule has 0 aromatic rings. The van der Waals surface area contributed by atoms with Crippen LogP contribution in [-0.2, 0) is 24.3 Å². The minimum absolute atomic E-state index is 0.459. The van der Waals surface area contributed by atoms with Crippen LogP contribution in [0.4, 0.5) is 0 Å². The Labute approximate surface area is 690 Å². The molecule has 0 atom stereocenters. The first-order chi connectivity index (χ1) is 54.3. The van der Waals surface area contributed by atoms with Gasteiger partial charge in [0.2, 0.25) is 0 Å². The summed E-state index contributed by atoms with van der Waals surface area (Å²) in [4.78, 5) is 21.5. The normalized spacial score (nSPS) is 11.9. The lowest BCUT2D eigenvalue weighted by Crippen LogP contribution is -2.10. The highest BCUT2D eigenvalue weighted by Crippen LogP contribution is 2.29. The molecule has 0 amide bonds. The van der Waals surface area contributed by atoms with Gasteiger partial charge in [-0.25, -0.2) is 19.6 Å². The Morgan fingerprint density at radius 2 is 0.220 bits per heavy atom. The molecule has 0 radical (unpaired) electrons. The molecule has 109 heavy (non-hydrogen) atoms. The molecular formula is C104H210O5. The molecule has 0 bridgehead atoms. The van der Waals surface area contributed by atoms with Crippen LogP contribution in [0.2, 0.25) is 0 Å². The highest BCUT2D eigenvalue weighted by Gasteiger charge is 2.12. The second kappa shape index (κ2) is 104. The summed E-state index contributed by atoms with van der Waals surface area (Å²) >= 11 is 0. The minimum atomic E-state index is 0.459. The number of ether oxygens (including phenoxy) is 1. The molecular weight excluding hydrogens is 1330 g/mol. The predicted molar refractivity (Wildman–Crippen MR) is 489 cm³/mol. The van der Waals surface area contributed by atoms with E-state index < -0.39 is 0 Å². The minimum Gasteiger partial charge on any atom is -0.376 e. The van der Waals surface area contributed by atoms with E-state index in [-0.39, 0.29) is 0 Å². The first kappa shape index (κ1) is 109. The van der Waals surface area contributed by atoms with E-state index in [9.17, 15) is 0 Å². The van der Waals surface area contributed by atoms with E-state index in [1.165, 1.54) is 578 Å². The van der Waals surface area contributed by atoms with Crippen LogP contribution in [0.5, 0.6) is 0 Å². The Balaban J connectivity index is 3.75. The predicted octanol–water partition coefficient (Wildman–Crippen LogP) is 38.1. The van der Waals surface area contributed by atoms with E-state index in [4.69, 9.17) is 24.3 Å². The molecule has 5 heteroatoms. The lowest BCUT2D eigenvalue weighted by atomic mass is 9.89. The molecule has 0 heterocycles. The smallest absolute Gasteiger partial charge is 0.106 e. The molecule has 5 nitrogen and oxygen atoms in total. The van der Waals surface area contributed by atoms with Crippen molar-refractivity contribution in [2.24, 2.45) is 11.8 Å². The molecule has 0 rings (SSSR count). The number of rotatable bonds is 104. The quantitative estimate of drug-likeness (QED) is 0.0345. The number of hydrogen-bond acceptors (Lipinski definition) is 5. The first-order valence-corrected chi connectivity index (χ1v) is 52.3. The summed E-state index contributed by atoms with van der Waals surface area (Å²) in [7, 11) is 0. The van der Waals surface area contributed by atoms with Gasteiger partial charge in [0.25, 0.3) is 0 Å². The average Bonchev–Trinajstić information content (AvgIpc) is 1.59. The molecule has 0 N–H and O–H groups in total. The van der Waals surface area contributed by atoms with Gasteiger partial charge >= 0.3 is 0 Å². The van der Waals surface area contributed by atoms with Crippen molar-refractivity contribution in [1.82, 2.24) is 0 Å². The zero-order chi connectivity index (χ0) is 78.0. The van der Waals surface area contributed by atoms with Crippen LogP contribution in [0.3, 0.4) is 0 Å². The molecule has 0 aliphatic carbocycles. The Bertz CT molecular complexity index is 1330. The molecule has 0 saturated carbocycles. The van der Waals surface area contributed by atoms with E-state index in [0.717, 1.165) is 24.7 Å². The van der Waals surface area contributed by atoms with Gasteiger partial charge in [-0.15, -0.1) is 0 Å². The zero-order valence-corrected chi connectivity index (χ0v) is 76.5. The van der Waals surface area contributed by atoms with Crippen LogP contribution in [0.15, 0.2) is 0 Å². The van der Waals surface area contributed by atoms with Crippen molar-refractivity contribution in [3.05, 3.63) is 0 Å². The van der Waals surface area contributed by atoms with Crippen LogP contribution >= 0.6 is 0 Å². The molecule has 0 aliphatic heterocycles. The number of unbranched alkanes of at least 4 members (excludes halogenated alkanes) is 80. The third kappa shape index (κ3) is 100. The fourth-order valence-electron chi connectivity index (χ4n) is 17.7. The van der Waals surface area contributed by atoms with Crippen molar-refractivity contribution in [3.63, 3.8) is 0 Å². The van der Waals surface area contributed by atoms with E-state index in [0.29, 0.717) is 39.6 Å². The molecule has 0 unspecified atom stereocenters. The maximum Gasteiger partial charge on any atom is 0.106 e. The van der Waals surface area contributed by atoms with Crippen molar-refractivity contribution < 1.29 is 24.3 Å². The summed E-state index contributed by atoms with van der Waals surface area (Å²) < 4.78 is 5.64. The zero-order valence-electron chi connectivity index (χ0n) is 76.5. The van der Waals surface area contributed by atoms with Gasteiger partial charge in [-0.3, -0.25) is 0 Å².